The van der Waals surface area contributed by atoms with Gasteiger partial charge in [0.1, 0.15) is 17.4 Å². The van der Waals surface area contributed by atoms with E-state index in [2.05, 4.69) is 9.47 Å². The summed E-state index contributed by atoms with van der Waals surface area (Å²) in [4.78, 5) is 21.4. The van der Waals surface area contributed by atoms with Gasteiger partial charge in [0.25, 0.3) is 0 Å². The maximum atomic E-state index is 13.8. The number of carbonyl (C=O) groups is 2. The summed E-state index contributed by atoms with van der Waals surface area (Å²) >= 11 is 0. The number of hydrogen-bond acceptors (Lipinski definition) is 5. The Morgan fingerprint density at radius 2 is 1.31 bits per heavy atom. The second-order valence-corrected chi connectivity index (χ2v) is 11.2. The van der Waals surface area contributed by atoms with Crippen LogP contribution < -0.4 is 15.2 Å². The Kier molecular flexibility index (Phi) is 15.1. The van der Waals surface area contributed by atoms with E-state index in [-0.39, 0.29) is 28.9 Å². The molecule has 0 unspecified atom stereocenters. The number of methoxy groups -OCH3 is 1. The lowest BCUT2D eigenvalue weighted by atomic mass is 9.92. The molecule has 52 heavy (non-hydrogen) atoms. The summed E-state index contributed by atoms with van der Waals surface area (Å²) in [6, 6.07) is 15.8. The Labute approximate surface area is 292 Å². The molecule has 1 atom stereocenters. The predicted octanol–water partition coefficient (Wildman–Crippen LogP) is 9.87. The lowest BCUT2D eigenvalue weighted by Gasteiger charge is -2.19. The summed E-state index contributed by atoms with van der Waals surface area (Å²) in [6.45, 7) is 7.03. The van der Waals surface area contributed by atoms with Crippen LogP contribution in [0.4, 0.5) is 43.9 Å². The van der Waals surface area contributed by atoms with Crippen LogP contribution in [-0.2, 0) is 10.9 Å². The van der Waals surface area contributed by atoms with Gasteiger partial charge >= 0.3 is 24.7 Å². The van der Waals surface area contributed by atoms with Crippen molar-refractivity contribution < 1.29 is 67.7 Å². The molecule has 0 heterocycles. The number of ether oxygens (including phenoxy) is 3. The summed E-state index contributed by atoms with van der Waals surface area (Å²) in [5, 5.41) is 0. The Bertz CT molecular complexity index is 1810. The van der Waals surface area contributed by atoms with E-state index in [1.165, 1.54) is 25.3 Å². The molecule has 4 rings (SSSR count). The zero-order valence-electron chi connectivity index (χ0n) is 28.1. The maximum Gasteiger partial charge on any atom is 0.461 e. The molecule has 4 aromatic rings. The third-order valence-electron chi connectivity index (χ3n) is 6.75. The first kappa shape index (κ1) is 42.9. The summed E-state index contributed by atoms with van der Waals surface area (Å²) in [7, 11) is 1.38. The monoisotopic (exact) mass is 749 g/mol. The van der Waals surface area contributed by atoms with Gasteiger partial charge in [-0.1, -0.05) is 30.7 Å². The molecule has 0 spiro atoms. The van der Waals surface area contributed by atoms with Gasteiger partial charge in [0.2, 0.25) is 5.91 Å². The largest absolute Gasteiger partial charge is 0.488 e. The normalized spacial score (nSPS) is 11.9. The zero-order valence-corrected chi connectivity index (χ0v) is 28.1. The second-order valence-electron chi connectivity index (χ2n) is 11.2. The first-order valence-electron chi connectivity index (χ1n) is 15.0. The molecule has 1 amide bonds. The minimum atomic E-state index is -4.82. The number of hydrogen-bond donors (Lipinski definition) is 1. The number of primary amides is 1. The summed E-state index contributed by atoms with van der Waals surface area (Å²) in [5.41, 5.74) is 5.32. The fourth-order valence-corrected chi connectivity index (χ4v) is 4.12. The molecule has 0 radical (unpaired) electrons. The highest BCUT2D eigenvalue weighted by molar-refractivity contribution is 5.93. The second kappa shape index (κ2) is 18.3. The van der Waals surface area contributed by atoms with Crippen molar-refractivity contribution in [2.45, 2.75) is 58.4 Å². The highest BCUT2D eigenvalue weighted by Crippen LogP contribution is 2.34. The topological polar surface area (TPSA) is 87.8 Å². The van der Waals surface area contributed by atoms with Crippen LogP contribution in [0.25, 0.3) is 0 Å². The molecule has 0 aromatic heterocycles. The first-order chi connectivity index (χ1) is 24.0. The van der Waals surface area contributed by atoms with E-state index in [4.69, 9.17) is 10.5 Å². The van der Waals surface area contributed by atoms with Gasteiger partial charge in [0, 0.05) is 17.5 Å². The smallest absolute Gasteiger partial charge is 0.461 e. The van der Waals surface area contributed by atoms with Crippen LogP contribution in [0.15, 0.2) is 78.9 Å². The van der Waals surface area contributed by atoms with Gasteiger partial charge in [-0.2, -0.15) is 30.7 Å². The zero-order chi connectivity index (χ0) is 39.6. The van der Waals surface area contributed by atoms with E-state index >= 15 is 0 Å². The van der Waals surface area contributed by atoms with Crippen molar-refractivity contribution in [1.82, 2.24) is 0 Å². The van der Waals surface area contributed by atoms with Gasteiger partial charge in [-0.05, 0) is 86.5 Å². The molecule has 0 aliphatic rings. The predicted molar refractivity (Wildman–Crippen MR) is 170 cm³/mol. The average molecular weight is 750 g/mol. The number of aryl methyl sites for hydroxylation is 1. The van der Waals surface area contributed by atoms with Crippen LogP contribution in [0.5, 0.6) is 11.5 Å². The van der Waals surface area contributed by atoms with E-state index in [0.717, 1.165) is 23.8 Å². The van der Waals surface area contributed by atoms with Crippen LogP contribution in [-0.4, -0.2) is 37.6 Å². The molecular formula is C36H33F10NO5. The summed E-state index contributed by atoms with van der Waals surface area (Å²) in [5.74, 6) is -5.57. The molecule has 6 nitrogen and oxygen atoms in total. The Hall–Kier alpha value is -5.28. The molecule has 0 aliphatic carbocycles. The van der Waals surface area contributed by atoms with E-state index in [1.54, 1.807) is 32.9 Å². The molecule has 2 N–H and O–H groups in total. The Balaban J connectivity index is 0.000000310. The minimum Gasteiger partial charge on any atom is -0.488 e. The van der Waals surface area contributed by atoms with Crippen molar-refractivity contribution in [2.24, 2.45) is 5.73 Å². The molecule has 0 fully saturated rings. The molecule has 0 bridgehead atoms. The number of nitrogens with two attached hydrogens (primary N) is 1. The van der Waals surface area contributed by atoms with Crippen LogP contribution in [0.3, 0.4) is 0 Å². The van der Waals surface area contributed by atoms with Crippen LogP contribution in [0.1, 0.15) is 69.7 Å². The van der Waals surface area contributed by atoms with Crippen LogP contribution in [0.2, 0.25) is 0 Å². The minimum absolute atomic E-state index is 0.00791. The van der Waals surface area contributed by atoms with E-state index < -0.39 is 59.3 Å². The fourth-order valence-electron chi connectivity index (χ4n) is 4.12. The van der Waals surface area contributed by atoms with Crippen molar-refractivity contribution in [2.75, 3.05) is 7.11 Å². The third kappa shape index (κ3) is 12.8. The van der Waals surface area contributed by atoms with Crippen molar-refractivity contribution >= 4 is 11.9 Å². The van der Waals surface area contributed by atoms with Gasteiger partial charge in [-0.15, -0.1) is 0 Å². The van der Waals surface area contributed by atoms with E-state index in [0.29, 0.717) is 29.3 Å². The van der Waals surface area contributed by atoms with Gasteiger partial charge < -0.3 is 19.9 Å². The van der Waals surface area contributed by atoms with E-state index in [1.807, 2.05) is 19.1 Å². The molecule has 4 aromatic carbocycles. The fraction of sp³-hybridized carbons (Fsp3) is 0.278. The third-order valence-corrected chi connectivity index (χ3v) is 6.75. The van der Waals surface area contributed by atoms with Crippen molar-refractivity contribution in [3.05, 3.63) is 130 Å². The Morgan fingerprint density at radius 3 is 1.83 bits per heavy atom. The van der Waals surface area contributed by atoms with Gasteiger partial charge in [0.05, 0.1) is 24.3 Å². The number of benzene rings is 4. The first-order valence-corrected chi connectivity index (χ1v) is 15.0. The van der Waals surface area contributed by atoms with Crippen molar-refractivity contribution in [3.8, 4) is 11.5 Å². The summed E-state index contributed by atoms with van der Waals surface area (Å²) in [6.07, 6.45) is -13.9. The number of alkyl halides is 7. The van der Waals surface area contributed by atoms with Crippen molar-refractivity contribution in [1.29, 1.82) is 0 Å². The standard InChI is InChI=1S/C19H18F6O2.C9H10O2.C8H5F4NO/c1-10(2)26-17-8-12(4-5-16(17)21)11(3)13-6-14(20)9-15(7-13)27-19(24,25)18(22)23;1-7-3-5-8(6-4-7)9(10)11-2;9-6-2-1-4(7(13)14)3-5(6)8(10,11)12/h4-11,18H,1-3H3;3-6H,1-2H3;1-3H,(H2,13,14)/t11-;;/m1../s1. The van der Waals surface area contributed by atoms with Crippen LogP contribution in [0, 0.1) is 24.4 Å². The Morgan fingerprint density at radius 1 is 0.731 bits per heavy atom. The SMILES string of the molecule is CC(C)Oc1cc([C@@H](C)c2cc(F)cc(OC(F)(F)C(F)F)c2)ccc1F.COC(=O)c1ccc(C)cc1.NC(=O)c1ccc(F)c(C(F)(F)F)c1. The number of carbonyl (C=O) groups excluding carboxylic acids is 2. The highest BCUT2D eigenvalue weighted by Gasteiger charge is 2.44. The lowest BCUT2D eigenvalue weighted by Crippen LogP contribution is -2.33. The number of esters is 1. The van der Waals surface area contributed by atoms with Gasteiger partial charge in [-0.3, -0.25) is 4.79 Å². The summed E-state index contributed by atoms with van der Waals surface area (Å²) < 4.78 is 141. The molecule has 16 heteroatoms. The van der Waals surface area contributed by atoms with Gasteiger partial charge in [0.15, 0.2) is 11.6 Å². The van der Waals surface area contributed by atoms with Crippen molar-refractivity contribution in [3.63, 3.8) is 0 Å². The quantitative estimate of drug-likeness (QED) is 0.136. The molecule has 282 valence electrons. The molecule has 0 aliphatic heterocycles. The molecular weight excluding hydrogens is 716 g/mol. The molecule has 0 saturated heterocycles. The van der Waals surface area contributed by atoms with Gasteiger partial charge in [-0.25, -0.2) is 18.0 Å². The van der Waals surface area contributed by atoms with Crippen LogP contribution >= 0.6 is 0 Å². The lowest BCUT2D eigenvalue weighted by molar-refractivity contribution is -0.253. The number of amides is 1. The maximum absolute atomic E-state index is 13.8. The number of halogens is 10. The van der Waals surface area contributed by atoms with E-state index in [9.17, 15) is 53.5 Å². The number of rotatable bonds is 9. The highest BCUT2D eigenvalue weighted by atomic mass is 19.4. The average Bonchev–Trinajstić information content (AvgIpc) is 3.05. The molecule has 0 saturated carbocycles.